The number of carbonyl (C=O) groups is 2. The average molecular weight is 433 g/mol. The molecule has 1 fully saturated rings. The van der Waals surface area contributed by atoms with Gasteiger partial charge in [0, 0.05) is 67.1 Å². The molecule has 0 radical (unpaired) electrons. The van der Waals surface area contributed by atoms with E-state index in [-0.39, 0.29) is 28.3 Å². The monoisotopic (exact) mass is 432 g/mol. The number of carbonyl (C=O) groups excluding carboxylic acids is 2. The van der Waals surface area contributed by atoms with E-state index in [2.05, 4.69) is 68.8 Å². The topological polar surface area (TPSA) is 40.6 Å². The van der Waals surface area contributed by atoms with Crippen LogP contribution in [0.25, 0.3) is 0 Å². The normalized spacial score (nSPS) is 25.4. The van der Waals surface area contributed by atoms with E-state index in [1.165, 1.54) is 18.5 Å². The molecule has 1 aromatic carbocycles. The Morgan fingerprint density at radius 1 is 0.750 bits per heavy atom. The van der Waals surface area contributed by atoms with Crippen molar-refractivity contribution in [2.75, 3.05) is 25.0 Å². The van der Waals surface area contributed by atoms with Crippen LogP contribution >= 0.6 is 0 Å². The number of hydrogen-bond donors (Lipinski definition) is 0. The second kappa shape index (κ2) is 7.33. The SMILES string of the molecule is CN1C2=C(C(=O)CC(C)(C)C2)C(c2ccc(N3CCCC3)cc2)C2=C1CC(C)(C)CC2=O. The molecule has 1 saturated heterocycles. The second-order valence-corrected chi connectivity index (χ2v) is 11.9. The van der Waals surface area contributed by atoms with E-state index in [9.17, 15) is 9.59 Å². The Morgan fingerprint density at radius 2 is 1.22 bits per heavy atom. The molecule has 2 aliphatic heterocycles. The summed E-state index contributed by atoms with van der Waals surface area (Å²) in [5, 5.41) is 0. The van der Waals surface area contributed by atoms with Gasteiger partial charge in [0.1, 0.15) is 0 Å². The highest BCUT2D eigenvalue weighted by Crippen LogP contribution is 2.53. The molecular formula is C28H36N2O2. The number of nitrogens with zero attached hydrogens (tertiary/aromatic N) is 2. The molecule has 0 aromatic heterocycles. The van der Waals surface area contributed by atoms with Gasteiger partial charge in [0.15, 0.2) is 11.6 Å². The number of benzene rings is 1. The predicted molar refractivity (Wildman–Crippen MR) is 128 cm³/mol. The Balaban J connectivity index is 1.64. The standard InChI is InChI=1S/C28H36N2O2/c1-27(2)14-20-25(22(31)16-27)24(18-8-10-19(11-9-18)30-12-6-7-13-30)26-21(29(20)5)15-28(3,4)17-23(26)32/h8-11,24H,6-7,12-17H2,1-5H3. The van der Waals surface area contributed by atoms with Crippen molar-refractivity contribution >= 4 is 17.3 Å². The lowest BCUT2D eigenvalue weighted by Gasteiger charge is -2.47. The number of Topliss-reactive ketones (excluding diaryl/α,β-unsaturated/α-hetero) is 2. The first-order valence-corrected chi connectivity index (χ1v) is 12.2. The fourth-order valence-corrected chi connectivity index (χ4v) is 6.35. The summed E-state index contributed by atoms with van der Waals surface area (Å²) in [6.07, 6.45) is 5.33. The van der Waals surface area contributed by atoms with Crippen molar-refractivity contribution in [3.63, 3.8) is 0 Å². The maximum absolute atomic E-state index is 13.5. The Labute approximate surface area is 192 Å². The summed E-state index contributed by atoms with van der Waals surface area (Å²) in [6, 6.07) is 8.71. The van der Waals surface area contributed by atoms with E-state index in [1.54, 1.807) is 0 Å². The Kier molecular flexibility index (Phi) is 4.92. The quantitative estimate of drug-likeness (QED) is 0.610. The van der Waals surface area contributed by atoms with Crippen LogP contribution in [0, 0.1) is 10.8 Å². The smallest absolute Gasteiger partial charge is 0.162 e. The van der Waals surface area contributed by atoms with E-state index in [1.807, 2.05) is 0 Å². The molecule has 0 N–H and O–H groups in total. The van der Waals surface area contributed by atoms with Gasteiger partial charge in [-0.15, -0.1) is 0 Å². The summed E-state index contributed by atoms with van der Waals surface area (Å²) in [4.78, 5) is 31.7. The van der Waals surface area contributed by atoms with E-state index >= 15 is 0 Å². The van der Waals surface area contributed by atoms with Crippen LogP contribution in [-0.4, -0.2) is 36.6 Å². The van der Waals surface area contributed by atoms with E-state index in [0.717, 1.165) is 54.0 Å². The molecule has 0 atom stereocenters. The molecule has 1 aromatic rings. The molecule has 4 heteroatoms. The summed E-state index contributed by atoms with van der Waals surface area (Å²) in [5.74, 6) is 0.192. The number of allylic oxidation sites excluding steroid dienone is 4. The van der Waals surface area contributed by atoms with Gasteiger partial charge < -0.3 is 9.80 Å². The first kappa shape index (κ1) is 21.5. The van der Waals surface area contributed by atoms with E-state index in [0.29, 0.717) is 12.8 Å². The molecule has 0 bridgehead atoms. The van der Waals surface area contributed by atoms with Crippen molar-refractivity contribution in [2.45, 2.75) is 72.1 Å². The zero-order chi connectivity index (χ0) is 22.8. The highest BCUT2D eigenvalue weighted by molar-refractivity contribution is 6.06. The van der Waals surface area contributed by atoms with Gasteiger partial charge in [-0.2, -0.15) is 0 Å². The lowest BCUT2D eigenvalue weighted by Crippen LogP contribution is -2.43. The van der Waals surface area contributed by atoms with E-state index < -0.39 is 0 Å². The van der Waals surface area contributed by atoms with Crippen molar-refractivity contribution in [2.24, 2.45) is 10.8 Å². The lowest BCUT2D eigenvalue weighted by atomic mass is 9.64. The minimum absolute atomic E-state index is 0.0550. The van der Waals surface area contributed by atoms with Crippen LogP contribution in [0.15, 0.2) is 46.8 Å². The molecule has 170 valence electrons. The Morgan fingerprint density at radius 3 is 1.69 bits per heavy atom. The molecule has 2 aliphatic carbocycles. The van der Waals surface area contributed by atoms with Gasteiger partial charge in [0.2, 0.25) is 0 Å². The Hall–Kier alpha value is -2.36. The maximum atomic E-state index is 13.5. The third kappa shape index (κ3) is 3.52. The summed E-state index contributed by atoms with van der Waals surface area (Å²) < 4.78 is 0. The maximum Gasteiger partial charge on any atom is 0.162 e. The predicted octanol–water partition coefficient (Wildman–Crippen LogP) is 5.60. The molecule has 0 unspecified atom stereocenters. The van der Waals surface area contributed by atoms with Crippen molar-refractivity contribution in [3.05, 3.63) is 52.4 Å². The van der Waals surface area contributed by atoms with Crippen molar-refractivity contribution in [1.29, 1.82) is 0 Å². The van der Waals surface area contributed by atoms with Gasteiger partial charge in [0.25, 0.3) is 0 Å². The molecule has 2 heterocycles. The molecule has 0 amide bonds. The van der Waals surface area contributed by atoms with Gasteiger partial charge in [0.05, 0.1) is 0 Å². The number of anilines is 1. The number of hydrogen-bond acceptors (Lipinski definition) is 4. The summed E-state index contributed by atoms with van der Waals surface area (Å²) in [7, 11) is 2.07. The second-order valence-electron chi connectivity index (χ2n) is 11.9. The zero-order valence-electron chi connectivity index (χ0n) is 20.3. The minimum Gasteiger partial charge on any atom is -0.372 e. The Bertz CT molecular complexity index is 982. The van der Waals surface area contributed by atoms with Crippen molar-refractivity contribution < 1.29 is 9.59 Å². The van der Waals surface area contributed by atoms with Crippen molar-refractivity contribution in [1.82, 2.24) is 4.90 Å². The minimum atomic E-state index is -0.226. The zero-order valence-corrected chi connectivity index (χ0v) is 20.3. The molecule has 5 rings (SSSR count). The first-order chi connectivity index (χ1) is 15.1. The number of rotatable bonds is 2. The largest absolute Gasteiger partial charge is 0.372 e. The molecule has 4 nitrogen and oxygen atoms in total. The van der Waals surface area contributed by atoms with Crippen LogP contribution in [0.5, 0.6) is 0 Å². The van der Waals surface area contributed by atoms with Gasteiger partial charge in [-0.1, -0.05) is 39.8 Å². The third-order valence-corrected chi connectivity index (χ3v) is 7.88. The number of ketones is 2. The molecular weight excluding hydrogens is 396 g/mol. The highest BCUT2D eigenvalue weighted by atomic mass is 16.1. The van der Waals surface area contributed by atoms with Crippen LogP contribution in [0.2, 0.25) is 0 Å². The van der Waals surface area contributed by atoms with Crippen LogP contribution in [0.1, 0.15) is 77.7 Å². The summed E-state index contributed by atoms with van der Waals surface area (Å²) >= 11 is 0. The highest BCUT2D eigenvalue weighted by Gasteiger charge is 2.48. The van der Waals surface area contributed by atoms with Gasteiger partial charge in [-0.05, 0) is 54.2 Å². The lowest BCUT2D eigenvalue weighted by molar-refractivity contribution is -0.119. The fourth-order valence-electron chi connectivity index (χ4n) is 6.35. The molecule has 0 saturated carbocycles. The molecule has 4 aliphatic rings. The fraction of sp³-hybridized carbons (Fsp3) is 0.571. The summed E-state index contributed by atoms with van der Waals surface area (Å²) in [5.41, 5.74) is 6.21. The van der Waals surface area contributed by atoms with E-state index in [4.69, 9.17) is 0 Å². The van der Waals surface area contributed by atoms with Gasteiger partial charge >= 0.3 is 0 Å². The average Bonchev–Trinajstić information content (AvgIpc) is 3.23. The van der Waals surface area contributed by atoms with Crippen LogP contribution < -0.4 is 4.90 Å². The molecule has 32 heavy (non-hydrogen) atoms. The van der Waals surface area contributed by atoms with Crippen LogP contribution in [0.3, 0.4) is 0 Å². The third-order valence-electron chi connectivity index (χ3n) is 7.88. The van der Waals surface area contributed by atoms with Gasteiger partial charge in [-0.3, -0.25) is 9.59 Å². The van der Waals surface area contributed by atoms with Gasteiger partial charge in [-0.25, -0.2) is 0 Å². The van der Waals surface area contributed by atoms with Crippen LogP contribution in [-0.2, 0) is 9.59 Å². The molecule has 0 spiro atoms. The summed E-state index contributed by atoms with van der Waals surface area (Å²) in [6.45, 7) is 11.0. The van der Waals surface area contributed by atoms with Crippen molar-refractivity contribution in [3.8, 4) is 0 Å². The first-order valence-electron chi connectivity index (χ1n) is 12.2. The van der Waals surface area contributed by atoms with Crippen LogP contribution in [0.4, 0.5) is 5.69 Å².